The highest BCUT2D eigenvalue weighted by Gasteiger charge is 2.20. The molecule has 1 saturated heterocycles. The van der Waals surface area contributed by atoms with Crippen LogP contribution in [0.2, 0.25) is 0 Å². The van der Waals surface area contributed by atoms with Gasteiger partial charge in [0.1, 0.15) is 12.7 Å². The smallest absolute Gasteiger partial charge is 0.190 e. The molecule has 1 fully saturated rings. The van der Waals surface area contributed by atoms with Crippen molar-refractivity contribution < 1.29 is 18.3 Å². The topological polar surface area (TPSA) is 33.7 Å². The van der Waals surface area contributed by atoms with Crippen LogP contribution < -0.4 is 10.1 Å². The number of halogens is 2. The zero-order valence-corrected chi connectivity index (χ0v) is 12.5. The van der Waals surface area contributed by atoms with Gasteiger partial charge in [-0.25, -0.2) is 8.78 Å². The number of ether oxygens (including phenoxy) is 2. The van der Waals surface area contributed by atoms with E-state index in [1.807, 2.05) is 14.0 Å². The molecule has 6 heteroatoms. The van der Waals surface area contributed by atoms with Crippen LogP contribution in [-0.4, -0.2) is 50.9 Å². The monoisotopic (exact) mass is 300 g/mol. The van der Waals surface area contributed by atoms with Crippen LogP contribution in [-0.2, 0) is 11.3 Å². The second-order valence-electron chi connectivity index (χ2n) is 5.23. The summed E-state index contributed by atoms with van der Waals surface area (Å²) in [5, 5.41) is 3.03. The predicted octanol–water partition coefficient (Wildman–Crippen LogP) is 1.78. The Bertz CT molecular complexity index is 448. The van der Waals surface area contributed by atoms with Gasteiger partial charge in [-0.05, 0) is 31.3 Å². The maximum Gasteiger partial charge on any atom is 0.190 e. The molecular weight excluding hydrogens is 278 g/mol. The second-order valence-corrected chi connectivity index (χ2v) is 5.23. The Morgan fingerprint density at radius 1 is 1.38 bits per heavy atom. The SMILES string of the molecule is CCNCc1cc(F)c(OCC2CN(C)CCO2)c(F)c1. The van der Waals surface area contributed by atoms with E-state index in [4.69, 9.17) is 9.47 Å². The molecule has 0 aliphatic carbocycles. The van der Waals surface area contributed by atoms with E-state index in [0.717, 1.165) is 13.1 Å². The van der Waals surface area contributed by atoms with Gasteiger partial charge in [0.2, 0.25) is 0 Å². The summed E-state index contributed by atoms with van der Waals surface area (Å²) >= 11 is 0. The van der Waals surface area contributed by atoms with E-state index >= 15 is 0 Å². The molecule has 4 nitrogen and oxygen atoms in total. The minimum atomic E-state index is -0.674. The zero-order chi connectivity index (χ0) is 15.2. The molecule has 0 bridgehead atoms. The van der Waals surface area contributed by atoms with Gasteiger partial charge in [-0.2, -0.15) is 0 Å². The average molecular weight is 300 g/mol. The number of morpholine rings is 1. The summed E-state index contributed by atoms with van der Waals surface area (Å²) in [5.74, 6) is -1.67. The van der Waals surface area contributed by atoms with Gasteiger partial charge in [-0.3, -0.25) is 0 Å². The summed E-state index contributed by atoms with van der Waals surface area (Å²) in [6.07, 6.45) is -0.163. The quantitative estimate of drug-likeness (QED) is 0.868. The molecule has 1 aliphatic heterocycles. The normalized spacial score (nSPS) is 19.7. The van der Waals surface area contributed by atoms with Crippen molar-refractivity contribution in [1.29, 1.82) is 0 Å². The third-order valence-corrected chi connectivity index (χ3v) is 3.39. The first-order chi connectivity index (χ1) is 10.1. The van der Waals surface area contributed by atoms with E-state index in [1.165, 1.54) is 12.1 Å². The Morgan fingerprint density at radius 2 is 2.10 bits per heavy atom. The minimum absolute atomic E-state index is 0.144. The van der Waals surface area contributed by atoms with Crippen molar-refractivity contribution in [2.45, 2.75) is 19.6 Å². The largest absolute Gasteiger partial charge is 0.485 e. The van der Waals surface area contributed by atoms with Crippen molar-refractivity contribution in [3.63, 3.8) is 0 Å². The molecule has 118 valence electrons. The summed E-state index contributed by atoms with van der Waals surface area (Å²) in [5.41, 5.74) is 0.563. The van der Waals surface area contributed by atoms with Gasteiger partial charge in [-0.1, -0.05) is 6.92 Å². The Labute approximate surface area is 124 Å². The average Bonchev–Trinajstić information content (AvgIpc) is 2.44. The standard InChI is InChI=1S/C15H22F2N2O2/c1-3-18-8-11-6-13(16)15(14(17)7-11)21-10-12-9-19(2)4-5-20-12/h6-7,12,18H,3-5,8-10H2,1-2H3. The number of benzene rings is 1. The van der Waals surface area contributed by atoms with E-state index in [-0.39, 0.29) is 18.5 Å². The fourth-order valence-corrected chi connectivity index (χ4v) is 2.27. The fraction of sp³-hybridized carbons (Fsp3) is 0.600. The molecule has 21 heavy (non-hydrogen) atoms. The molecule has 0 aromatic heterocycles. The molecular formula is C15H22F2N2O2. The van der Waals surface area contributed by atoms with E-state index in [2.05, 4.69) is 10.2 Å². The lowest BCUT2D eigenvalue weighted by Crippen LogP contribution is -2.42. The summed E-state index contributed by atoms with van der Waals surface area (Å²) in [7, 11) is 1.98. The highest BCUT2D eigenvalue weighted by atomic mass is 19.1. The molecule has 1 aromatic rings. The van der Waals surface area contributed by atoms with E-state index in [0.29, 0.717) is 25.3 Å². The second kappa shape index (κ2) is 7.68. The van der Waals surface area contributed by atoms with Crippen molar-refractivity contribution in [3.8, 4) is 5.75 Å². The molecule has 0 spiro atoms. The summed E-state index contributed by atoms with van der Waals surface area (Å²) < 4.78 is 38.6. The molecule has 1 heterocycles. The first-order valence-corrected chi connectivity index (χ1v) is 7.21. The number of nitrogens with zero attached hydrogens (tertiary/aromatic N) is 1. The minimum Gasteiger partial charge on any atom is -0.485 e. The Hall–Kier alpha value is -1.24. The van der Waals surface area contributed by atoms with Gasteiger partial charge < -0.3 is 19.7 Å². The van der Waals surface area contributed by atoms with E-state index in [9.17, 15) is 8.78 Å². The van der Waals surface area contributed by atoms with Crippen LogP contribution in [0.5, 0.6) is 5.75 Å². The van der Waals surface area contributed by atoms with Gasteiger partial charge >= 0.3 is 0 Å². The highest BCUT2D eigenvalue weighted by molar-refractivity contribution is 5.31. The number of likely N-dealkylation sites (N-methyl/N-ethyl adjacent to an activating group) is 1. The molecule has 1 atom stereocenters. The predicted molar refractivity (Wildman–Crippen MR) is 76.5 cm³/mol. The lowest BCUT2D eigenvalue weighted by Gasteiger charge is -2.29. The van der Waals surface area contributed by atoms with E-state index in [1.54, 1.807) is 0 Å². The number of hydrogen-bond acceptors (Lipinski definition) is 4. The van der Waals surface area contributed by atoms with Gasteiger partial charge in [0.15, 0.2) is 17.4 Å². The molecule has 2 rings (SSSR count). The van der Waals surface area contributed by atoms with Crippen molar-refractivity contribution in [2.24, 2.45) is 0 Å². The maximum absolute atomic E-state index is 13.9. The maximum atomic E-state index is 13.9. The van der Waals surface area contributed by atoms with Gasteiger partial charge in [-0.15, -0.1) is 0 Å². The van der Waals surface area contributed by atoms with Gasteiger partial charge in [0.25, 0.3) is 0 Å². The van der Waals surface area contributed by atoms with Crippen LogP contribution in [0, 0.1) is 11.6 Å². The highest BCUT2D eigenvalue weighted by Crippen LogP contribution is 2.24. The summed E-state index contributed by atoms with van der Waals surface area (Å²) in [4.78, 5) is 2.10. The van der Waals surface area contributed by atoms with Crippen LogP contribution in [0.4, 0.5) is 8.78 Å². The molecule has 0 amide bonds. The number of nitrogens with one attached hydrogen (secondary N) is 1. The van der Waals surface area contributed by atoms with Crippen molar-refractivity contribution in [3.05, 3.63) is 29.3 Å². The van der Waals surface area contributed by atoms with Crippen LogP contribution in [0.15, 0.2) is 12.1 Å². The lowest BCUT2D eigenvalue weighted by molar-refractivity contribution is -0.0413. The Kier molecular flexibility index (Phi) is 5.90. The molecule has 1 N–H and O–H groups in total. The molecule has 1 aromatic carbocycles. The number of rotatable bonds is 6. The van der Waals surface area contributed by atoms with Crippen LogP contribution in [0.1, 0.15) is 12.5 Å². The first-order valence-electron chi connectivity index (χ1n) is 7.21. The molecule has 1 aliphatic rings. The summed E-state index contributed by atoms with van der Waals surface area (Å²) in [6.45, 7) is 5.42. The van der Waals surface area contributed by atoms with Crippen molar-refractivity contribution >= 4 is 0 Å². The fourth-order valence-electron chi connectivity index (χ4n) is 2.27. The molecule has 0 saturated carbocycles. The van der Waals surface area contributed by atoms with Crippen LogP contribution >= 0.6 is 0 Å². The zero-order valence-electron chi connectivity index (χ0n) is 12.5. The summed E-state index contributed by atoms with van der Waals surface area (Å²) in [6, 6.07) is 2.60. The third-order valence-electron chi connectivity index (χ3n) is 3.39. The van der Waals surface area contributed by atoms with Gasteiger partial charge in [0, 0.05) is 19.6 Å². The van der Waals surface area contributed by atoms with E-state index < -0.39 is 11.6 Å². The lowest BCUT2D eigenvalue weighted by atomic mass is 10.2. The molecule has 0 radical (unpaired) electrons. The Morgan fingerprint density at radius 3 is 2.71 bits per heavy atom. The van der Waals surface area contributed by atoms with Crippen LogP contribution in [0.3, 0.4) is 0 Å². The van der Waals surface area contributed by atoms with Crippen LogP contribution in [0.25, 0.3) is 0 Å². The van der Waals surface area contributed by atoms with Gasteiger partial charge in [0.05, 0.1) is 6.61 Å². The number of hydrogen-bond donors (Lipinski definition) is 1. The van der Waals surface area contributed by atoms with Crippen molar-refractivity contribution in [2.75, 3.05) is 39.9 Å². The van der Waals surface area contributed by atoms with Crippen molar-refractivity contribution in [1.82, 2.24) is 10.2 Å². The first kappa shape index (κ1) is 16.1. The Balaban J connectivity index is 1.96. The molecule has 1 unspecified atom stereocenters. The third kappa shape index (κ3) is 4.62.